The van der Waals surface area contributed by atoms with Crippen LogP contribution in [0.4, 0.5) is 9.59 Å². The highest BCUT2D eigenvalue weighted by atomic mass is 16.7. The summed E-state index contributed by atoms with van der Waals surface area (Å²) in [6, 6.07) is 14.4. The highest BCUT2D eigenvalue weighted by Gasteiger charge is 2.32. The first-order valence-corrected chi connectivity index (χ1v) is 11.3. The zero-order valence-corrected chi connectivity index (χ0v) is 20.6. The minimum atomic E-state index is -0.512. The normalized spacial score (nSPS) is 21.6. The van der Waals surface area contributed by atoms with Gasteiger partial charge in [-0.05, 0) is 26.0 Å². The van der Waals surface area contributed by atoms with Gasteiger partial charge in [0.25, 0.3) is 0 Å². The predicted molar refractivity (Wildman–Crippen MR) is 126 cm³/mol. The molecule has 2 aliphatic heterocycles. The monoisotopic (exact) mass is 488 g/mol. The Bertz CT molecular complexity index is 983. The van der Waals surface area contributed by atoms with Crippen LogP contribution in [0.1, 0.15) is 37.6 Å². The van der Waals surface area contributed by atoms with E-state index in [2.05, 4.69) is 5.32 Å². The number of para-hydroxylation sites is 2. The smallest absolute Gasteiger partial charge is 0.410 e. The van der Waals surface area contributed by atoms with E-state index in [0.717, 1.165) is 11.1 Å². The van der Waals surface area contributed by atoms with Crippen molar-refractivity contribution in [2.45, 2.75) is 38.6 Å². The minimum absolute atomic E-state index is 0.0167. The molecular weight excluding hydrogens is 456 g/mol. The number of hydrogen-bond donors (Lipinski definition) is 1. The quantitative estimate of drug-likeness (QED) is 0.688. The molecule has 2 amide bonds. The molecule has 2 aromatic carbocycles. The van der Waals surface area contributed by atoms with Crippen LogP contribution in [0.2, 0.25) is 0 Å². The van der Waals surface area contributed by atoms with Gasteiger partial charge in [0.2, 0.25) is 0 Å². The zero-order chi connectivity index (χ0) is 25.4. The molecule has 0 aromatic heterocycles. The van der Waals surface area contributed by atoms with Crippen LogP contribution in [0.5, 0.6) is 11.5 Å². The fourth-order valence-electron chi connectivity index (χ4n) is 3.20. The lowest BCUT2D eigenvalue weighted by Crippen LogP contribution is -2.25. The van der Waals surface area contributed by atoms with Crippen molar-refractivity contribution in [1.82, 2.24) is 10.2 Å². The molecule has 4 rings (SSSR count). The highest BCUT2D eigenvalue weighted by molar-refractivity contribution is 5.71. The predicted octanol–water partition coefficient (Wildman–Crippen LogP) is 4.02. The fourth-order valence-corrected chi connectivity index (χ4v) is 3.20. The van der Waals surface area contributed by atoms with Gasteiger partial charge in [0.1, 0.15) is 11.5 Å². The van der Waals surface area contributed by atoms with E-state index in [-0.39, 0.29) is 12.2 Å². The van der Waals surface area contributed by atoms with Gasteiger partial charge in [0.05, 0.1) is 36.5 Å². The van der Waals surface area contributed by atoms with E-state index in [0.29, 0.717) is 24.7 Å². The second-order valence-electron chi connectivity index (χ2n) is 8.07. The molecule has 2 aromatic rings. The average molecular weight is 489 g/mol. The van der Waals surface area contributed by atoms with Gasteiger partial charge in [-0.15, -0.1) is 0 Å². The molecule has 0 radical (unpaired) electrons. The van der Waals surface area contributed by atoms with Crippen molar-refractivity contribution in [1.29, 1.82) is 0 Å². The van der Waals surface area contributed by atoms with Gasteiger partial charge in [-0.25, -0.2) is 9.59 Å². The molecule has 35 heavy (non-hydrogen) atoms. The number of carbonyl (C=O) groups is 2. The maximum atomic E-state index is 11.5. The number of carbonyl (C=O) groups excluding carboxylic acids is 2. The van der Waals surface area contributed by atoms with E-state index in [1.807, 2.05) is 38.1 Å². The van der Waals surface area contributed by atoms with Crippen LogP contribution in [0.25, 0.3) is 0 Å². The molecule has 10 nitrogen and oxygen atoms in total. The number of hydrogen-bond acceptors (Lipinski definition) is 8. The largest absolute Gasteiger partial charge is 0.414 e. The molecule has 2 saturated heterocycles. The Balaban J connectivity index is 0.000000196. The number of amides is 2. The first-order chi connectivity index (χ1) is 16.8. The summed E-state index contributed by atoms with van der Waals surface area (Å²) >= 11 is 0. The Hall–Kier alpha value is -3.18. The van der Waals surface area contributed by atoms with E-state index in [4.69, 9.17) is 28.4 Å². The Morgan fingerprint density at radius 3 is 1.83 bits per heavy atom. The Morgan fingerprint density at radius 1 is 0.829 bits per heavy atom. The van der Waals surface area contributed by atoms with Crippen molar-refractivity contribution in [3.63, 3.8) is 0 Å². The summed E-state index contributed by atoms with van der Waals surface area (Å²) in [6.07, 6.45) is -1.83. The topological polar surface area (TPSA) is 105 Å². The van der Waals surface area contributed by atoms with E-state index >= 15 is 0 Å². The van der Waals surface area contributed by atoms with Crippen LogP contribution in [0, 0.1) is 0 Å². The molecule has 0 saturated carbocycles. The first kappa shape index (κ1) is 26.4. The van der Waals surface area contributed by atoms with Crippen molar-refractivity contribution >= 4 is 12.2 Å². The lowest BCUT2D eigenvalue weighted by molar-refractivity contribution is -0.0662. The third-order valence-electron chi connectivity index (χ3n) is 5.27. The molecule has 2 atom stereocenters. The molecule has 2 heterocycles. The van der Waals surface area contributed by atoms with Crippen molar-refractivity contribution in [3.05, 3.63) is 59.7 Å². The lowest BCUT2D eigenvalue weighted by Gasteiger charge is -2.16. The van der Waals surface area contributed by atoms with Crippen LogP contribution in [0.15, 0.2) is 48.5 Å². The summed E-state index contributed by atoms with van der Waals surface area (Å²) in [6.45, 7) is 5.01. The van der Waals surface area contributed by atoms with Crippen molar-refractivity contribution in [2.24, 2.45) is 0 Å². The molecule has 2 fully saturated rings. The van der Waals surface area contributed by atoms with Gasteiger partial charge in [0.15, 0.2) is 12.6 Å². The summed E-state index contributed by atoms with van der Waals surface area (Å²) in [5.74, 6) is 0.918. The van der Waals surface area contributed by atoms with Gasteiger partial charge < -0.3 is 38.6 Å². The summed E-state index contributed by atoms with van der Waals surface area (Å²) in [5, 5.41) is 2.41. The highest BCUT2D eigenvalue weighted by Crippen LogP contribution is 2.36. The van der Waals surface area contributed by atoms with Gasteiger partial charge in [-0.1, -0.05) is 36.4 Å². The second-order valence-corrected chi connectivity index (χ2v) is 8.07. The number of benzene rings is 2. The Kier molecular flexibility index (Phi) is 9.44. The molecule has 0 bridgehead atoms. The number of ether oxygens (including phenoxy) is 6. The summed E-state index contributed by atoms with van der Waals surface area (Å²) in [7, 11) is 4.78. The van der Waals surface area contributed by atoms with E-state index < -0.39 is 24.8 Å². The number of nitrogens with zero attached hydrogens (tertiary/aromatic N) is 1. The molecule has 2 aliphatic rings. The molecule has 2 unspecified atom stereocenters. The molecular formula is C25H32N2O8. The van der Waals surface area contributed by atoms with Crippen LogP contribution < -0.4 is 14.8 Å². The fraction of sp³-hybridized carbons (Fsp3) is 0.440. The van der Waals surface area contributed by atoms with Crippen molar-refractivity contribution in [3.8, 4) is 11.5 Å². The lowest BCUT2D eigenvalue weighted by atomic mass is 10.2. The minimum Gasteiger partial charge on any atom is -0.410 e. The number of rotatable bonds is 4. The third kappa shape index (κ3) is 7.15. The standard InChI is InChI=1S/C13H17NO4.C12H15NO4/c1-8-9(2)17-12(16-8)10-6-4-5-7-11(10)18-13(15)14-3;1-13(2)12(14)17-10-6-4-3-5-9(10)11-15-7-8-16-11/h4-9,12H,1-3H3,(H,14,15);3-6,11H,7-8H2,1-2H3. The van der Waals surface area contributed by atoms with Gasteiger partial charge in [-0.3, -0.25) is 0 Å². The molecule has 0 spiro atoms. The first-order valence-electron chi connectivity index (χ1n) is 11.3. The van der Waals surface area contributed by atoms with Crippen LogP contribution >= 0.6 is 0 Å². The Labute approximate surface area is 205 Å². The van der Waals surface area contributed by atoms with Crippen molar-refractivity contribution in [2.75, 3.05) is 34.4 Å². The molecule has 190 valence electrons. The van der Waals surface area contributed by atoms with Crippen LogP contribution in [-0.2, 0) is 18.9 Å². The second kappa shape index (κ2) is 12.5. The van der Waals surface area contributed by atoms with Gasteiger partial charge in [0, 0.05) is 21.1 Å². The SMILES string of the molecule is CN(C)C(=O)Oc1ccccc1C1OCCO1.CNC(=O)Oc1ccccc1C1OC(C)C(C)O1. The number of nitrogens with one attached hydrogen (secondary N) is 1. The van der Waals surface area contributed by atoms with E-state index in [9.17, 15) is 9.59 Å². The maximum absolute atomic E-state index is 11.5. The molecule has 1 N–H and O–H groups in total. The molecule has 10 heteroatoms. The molecule has 0 aliphatic carbocycles. The van der Waals surface area contributed by atoms with E-state index in [1.165, 1.54) is 11.9 Å². The van der Waals surface area contributed by atoms with Gasteiger partial charge >= 0.3 is 12.2 Å². The summed E-state index contributed by atoms with van der Waals surface area (Å²) in [4.78, 5) is 24.1. The maximum Gasteiger partial charge on any atom is 0.414 e. The van der Waals surface area contributed by atoms with Crippen LogP contribution in [0.3, 0.4) is 0 Å². The van der Waals surface area contributed by atoms with Crippen LogP contribution in [-0.4, -0.2) is 63.7 Å². The Morgan fingerprint density at radius 2 is 1.31 bits per heavy atom. The summed E-state index contributed by atoms with van der Waals surface area (Å²) in [5.41, 5.74) is 1.46. The van der Waals surface area contributed by atoms with E-state index in [1.54, 1.807) is 38.4 Å². The average Bonchev–Trinajstić information content (AvgIpc) is 3.50. The van der Waals surface area contributed by atoms with Crippen molar-refractivity contribution < 1.29 is 38.0 Å². The van der Waals surface area contributed by atoms with Gasteiger partial charge in [-0.2, -0.15) is 0 Å². The summed E-state index contributed by atoms with van der Waals surface area (Å²) < 4.78 is 32.6. The third-order valence-corrected chi connectivity index (χ3v) is 5.27. The zero-order valence-electron chi connectivity index (χ0n) is 20.6.